The Bertz CT molecular complexity index is 1060. The molecule has 0 bridgehead atoms. The zero-order valence-electron chi connectivity index (χ0n) is 17.6. The van der Waals surface area contributed by atoms with Crippen LogP contribution in [0.5, 0.6) is 5.75 Å². The van der Waals surface area contributed by atoms with Crippen LogP contribution in [0.1, 0.15) is 16.8 Å². The van der Waals surface area contributed by atoms with E-state index in [-0.39, 0.29) is 49.2 Å². The number of piperazine rings is 1. The molecule has 2 aromatic rings. The first kappa shape index (κ1) is 23.0. The van der Waals surface area contributed by atoms with Crippen LogP contribution in [0.3, 0.4) is 0 Å². The van der Waals surface area contributed by atoms with Crippen LogP contribution in [0.15, 0.2) is 48.5 Å². The van der Waals surface area contributed by atoms with Crippen molar-refractivity contribution in [1.82, 2.24) is 9.80 Å². The standard InChI is InChI=1S/C23H22ClF2N3O4/c24-16-4-3-5-17(13-16)29-14-15(12-20(29)30)21(31)27-8-10-28(11-9-27)22(32)18-6-1-2-7-19(18)33-23(25)26/h1-7,13,15,23H,8-12,14H2. The maximum Gasteiger partial charge on any atom is 0.387 e. The molecule has 0 aromatic heterocycles. The third-order valence-electron chi connectivity index (χ3n) is 5.81. The maximum atomic E-state index is 13.0. The number of halogens is 3. The number of nitrogens with zero attached hydrogens (tertiary/aromatic N) is 3. The molecule has 174 valence electrons. The maximum absolute atomic E-state index is 13.0. The van der Waals surface area contributed by atoms with Crippen LogP contribution < -0.4 is 9.64 Å². The summed E-state index contributed by atoms with van der Waals surface area (Å²) in [5.74, 6) is -1.36. The number of amides is 3. The second-order valence-electron chi connectivity index (χ2n) is 7.88. The first-order valence-corrected chi connectivity index (χ1v) is 10.9. The summed E-state index contributed by atoms with van der Waals surface area (Å²) < 4.78 is 29.8. The van der Waals surface area contributed by atoms with Crippen molar-refractivity contribution in [2.45, 2.75) is 13.0 Å². The predicted molar refractivity (Wildman–Crippen MR) is 117 cm³/mol. The van der Waals surface area contributed by atoms with Gasteiger partial charge in [-0.15, -0.1) is 0 Å². The summed E-state index contributed by atoms with van der Waals surface area (Å²) in [6.45, 7) is -1.66. The van der Waals surface area contributed by atoms with Gasteiger partial charge in [0.05, 0.1) is 11.5 Å². The lowest BCUT2D eigenvalue weighted by Gasteiger charge is -2.36. The van der Waals surface area contributed by atoms with Gasteiger partial charge in [-0.1, -0.05) is 29.8 Å². The lowest BCUT2D eigenvalue weighted by molar-refractivity contribution is -0.137. The number of anilines is 1. The smallest absolute Gasteiger partial charge is 0.387 e. The molecule has 0 saturated carbocycles. The largest absolute Gasteiger partial charge is 0.434 e. The molecular formula is C23H22ClF2N3O4. The molecule has 1 atom stereocenters. The minimum atomic E-state index is -3.03. The predicted octanol–water partition coefficient (Wildman–Crippen LogP) is 3.28. The first-order valence-electron chi connectivity index (χ1n) is 10.5. The third kappa shape index (κ3) is 5.08. The van der Waals surface area contributed by atoms with E-state index in [0.29, 0.717) is 23.8 Å². The third-order valence-corrected chi connectivity index (χ3v) is 6.04. The van der Waals surface area contributed by atoms with Crippen LogP contribution >= 0.6 is 11.6 Å². The Balaban J connectivity index is 1.36. The van der Waals surface area contributed by atoms with Gasteiger partial charge in [-0.25, -0.2) is 0 Å². The number of carbonyl (C=O) groups is 3. The van der Waals surface area contributed by atoms with Gasteiger partial charge in [-0.05, 0) is 30.3 Å². The number of hydrogen-bond donors (Lipinski definition) is 0. The molecule has 1 unspecified atom stereocenters. The Morgan fingerprint density at radius 3 is 2.39 bits per heavy atom. The number of benzene rings is 2. The summed E-state index contributed by atoms with van der Waals surface area (Å²) in [6, 6.07) is 12.8. The lowest BCUT2D eigenvalue weighted by atomic mass is 10.1. The SMILES string of the molecule is O=C(c1ccccc1OC(F)F)N1CCN(C(=O)C2CC(=O)N(c3cccc(Cl)c3)C2)CC1. The highest BCUT2D eigenvalue weighted by molar-refractivity contribution is 6.31. The summed E-state index contributed by atoms with van der Waals surface area (Å²) in [7, 11) is 0. The van der Waals surface area contributed by atoms with Crippen LogP contribution in [0.25, 0.3) is 0 Å². The van der Waals surface area contributed by atoms with Crippen molar-refractivity contribution in [2.24, 2.45) is 5.92 Å². The number of carbonyl (C=O) groups excluding carboxylic acids is 3. The molecule has 3 amide bonds. The molecule has 2 aromatic carbocycles. The Kier molecular flexibility index (Phi) is 6.78. The zero-order valence-corrected chi connectivity index (χ0v) is 18.4. The van der Waals surface area contributed by atoms with Crippen molar-refractivity contribution in [2.75, 3.05) is 37.6 Å². The fourth-order valence-corrected chi connectivity index (χ4v) is 4.35. The fraction of sp³-hybridized carbons (Fsp3) is 0.348. The van der Waals surface area contributed by atoms with Crippen LogP contribution in [0.2, 0.25) is 5.02 Å². The van der Waals surface area contributed by atoms with E-state index >= 15 is 0 Å². The van der Waals surface area contributed by atoms with Gasteiger partial charge < -0.3 is 19.4 Å². The highest BCUT2D eigenvalue weighted by Crippen LogP contribution is 2.29. The van der Waals surface area contributed by atoms with Gasteiger partial charge >= 0.3 is 6.61 Å². The number of hydrogen-bond acceptors (Lipinski definition) is 4. The molecule has 10 heteroatoms. The monoisotopic (exact) mass is 477 g/mol. The molecule has 2 heterocycles. The summed E-state index contributed by atoms with van der Waals surface area (Å²) in [5.41, 5.74) is 0.707. The quantitative estimate of drug-likeness (QED) is 0.662. The van der Waals surface area contributed by atoms with Gasteiger partial charge in [-0.3, -0.25) is 14.4 Å². The number of rotatable bonds is 5. The van der Waals surface area contributed by atoms with E-state index < -0.39 is 18.4 Å². The van der Waals surface area contributed by atoms with Crippen molar-refractivity contribution in [1.29, 1.82) is 0 Å². The van der Waals surface area contributed by atoms with Gasteiger partial charge in [0, 0.05) is 49.9 Å². The molecule has 33 heavy (non-hydrogen) atoms. The molecule has 0 N–H and O–H groups in total. The van der Waals surface area contributed by atoms with Crippen molar-refractivity contribution < 1.29 is 27.9 Å². The number of para-hydroxylation sites is 1. The van der Waals surface area contributed by atoms with E-state index in [1.165, 1.54) is 23.1 Å². The number of alkyl halides is 2. The molecule has 4 rings (SSSR count). The highest BCUT2D eigenvalue weighted by Gasteiger charge is 2.38. The molecule has 0 aliphatic carbocycles. The van der Waals surface area contributed by atoms with E-state index in [9.17, 15) is 23.2 Å². The molecular weight excluding hydrogens is 456 g/mol. The van der Waals surface area contributed by atoms with Crippen LogP contribution in [0.4, 0.5) is 14.5 Å². The topological polar surface area (TPSA) is 70.2 Å². The fourth-order valence-electron chi connectivity index (χ4n) is 4.17. The molecule has 7 nitrogen and oxygen atoms in total. The average molecular weight is 478 g/mol. The van der Waals surface area contributed by atoms with Crippen molar-refractivity contribution in [3.8, 4) is 5.75 Å². The second-order valence-corrected chi connectivity index (χ2v) is 8.31. The Hall–Kier alpha value is -3.20. The summed E-state index contributed by atoms with van der Waals surface area (Å²) in [5, 5.41) is 0.511. The summed E-state index contributed by atoms with van der Waals surface area (Å²) >= 11 is 6.02. The molecule has 0 radical (unpaired) electrons. The summed E-state index contributed by atoms with van der Waals surface area (Å²) in [6.07, 6.45) is 0.114. The average Bonchev–Trinajstić information content (AvgIpc) is 3.20. The van der Waals surface area contributed by atoms with Gasteiger partial charge in [0.2, 0.25) is 11.8 Å². The van der Waals surface area contributed by atoms with Crippen LogP contribution in [-0.2, 0) is 9.59 Å². The highest BCUT2D eigenvalue weighted by atomic mass is 35.5. The normalized spacial score (nSPS) is 18.7. The van der Waals surface area contributed by atoms with Crippen molar-refractivity contribution >= 4 is 35.0 Å². The first-order chi connectivity index (χ1) is 15.8. The zero-order chi connectivity index (χ0) is 23.5. The van der Waals surface area contributed by atoms with Gasteiger partial charge in [0.1, 0.15) is 5.75 Å². The van der Waals surface area contributed by atoms with Crippen LogP contribution in [0, 0.1) is 5.92 Å². The number of ether oxygens (including phenoxy) is 1. The Morgan fingerprint density at radius 2 is 1.70 bits per heavy atom. The van der Waals surface area contributed by atoms with E-state index in [2.05, 4.69) is 4.74 Å². The molecule has 2 aliphatic heterocycles. The van der Waals surface area contributed by atoms with E-state index in [0.717, 1.165) is 0 Å². The van der Waals surface area contributed by atoms with Crippen molar-refractivity contribution in [3.05, 3.63) is 59.1 Å². The lowest BCUT2D eigenvalue weighted by Crippen LogP contribution is -2.52. The molecule has 2 fully saturated rings. The van der Waals surface area contributed by atoms with E-state index in [4.69, 9.17) is 11.6 Å². The Morgan fingerprint density at radius 1 is 1.00 bits per heavy atom. The molecule has 0 spiro atoms. The minimum absolute atomic E-state index is 0.0520. The molecule has 2 aliphatic rings. The Labute approximate surface area is 194 Å². The molecule has 2 saturated heterocycles. The van der Waals surface area contributed by atoms with Gasteiger partial charge in [0.15, 0.2) is 0 Å². The van der Waals surface area contributed by atoms with Gasteiger partial charge in [0.25, 0.3) is 5.91 Å². The van der Waals surface area contributed by atoms with Gasteiger partial charge in [-0.2, -0.15) is 8.78 Å². The van der Waals surface area contributed by atoms with E-state index in [1.54, 1.807) is 40.1 Å². The summed E-state index contributed by atoms with van der Waals surface area (Å²) in [4.78, 5) is 43.1. The van der Waals surface area contributed by atoms with Crippen LogP contribution in [-0.4, -0.2) is 66.9 Å². The second kappa shape index (κ2) is 9.74. The van der Waals surface area contributed by atoms with Crippen molar-refractivity contribution in [3.63, 3.8) is 0 Å². The van der Waals surface area contributed by atoms with E-state index in [1.807, 2.05) is 0 Å². The minimum Gasteiger partial charge on any atom is -0.434 e.